The second kappa shape index (κ2) is 10.8. The molecule has 28 heavy (non-hydrogen) atoms. The van der Waals surface area contributed by atoms with Gasteiger partial charge in [-0.25, -0.2) is 5.48 Å². The molecule has 2 aromatic carbocycles. The molecule has 0 saturated heterocycles. The zero-order valence-corrected chi connectivity index (χ0v) is 15.3. The number of nitriles is 1. The highest BCUT2D eigenvalue weighted by atomic mass is 16.5. The van der Waals surface area contributed by atoms with Crippen molar-refractivity contribution in [3.63, 3.8) is 0 Å². The van der Waals surface area contributed by atoms with Gasteiger partial charge >= 0.3 is 0 Å². The van der Waals surface area contributed by atoms with E-state index < -0.39 is 17.9 Å². The number of benzene rings is 2. The first-order valence-corrected chi connectivity index (χ1v) is 8.81. The van der Waals surface area contributed by atoms with E-state index >= 15 is 0 Å². The monoisotopic (exact) mass is 381 g/mol. The lowest BCUT2D eigenvalue weighted by molar-refractivity contribution is -0.130. The van der Waals surface area contributed by atoms with Crippen molar-refractivity contribution in [2.45, 2.75) is 19.0 Å². The van der Waals surface area contributed by atoms with Gasteiger partial charge in [-0.2, -0.15) is 5.26 Å². The highest BCUT2D eigenvalue weighted by molar-refractivity contribution is 5.97. The van der Waals surface area contributed by atoms with E-state index in [1.807, 2.05) is 36.4 Å². The predicted octanol–water partition coefficient (Wildman–Crippen LogP) is 0.919. The second-order valence-corrected chi connectivity index (χ2v) is 6.10. The maximum Gasteiger partial charge on any atom is 0.267 e. The minimum atomic E-state index is -1.01. The Morgan fingerprint density at radius 3 is 2.21 bits per heavy atom. The van der Waals surface area contributed by atoms with Crippen molar-refractivity contribution in [3.8, 4) is 17.2 Å². The van der Waals surface area contributed by atoms with Crippen LogP contribution in [0.15, 0.2) is 48.5 Å². The average Bonchev–Trinajstić information content (AvgIpc) is 2.75. The molecule has 8 nitrogen and oxygen atoms in total. The van der Waals surface area contributed by atoms with Crippen LogP contribution in [0.25, 0.3) is 11.1 Å². The number of rotatable bonds is 9. The lowest BCUT2D eigenvalue weighted by Gasteiger charge is -2.14. The van der Waals surface area contributed by atoms with Gasteiger partial charge in [-0.05, 0) is 28.8 Å². The van der Waals surface area contributed by atoms with Crippen molar-refractivity contribution in [3.05, 3.63) is 59.7 Å². The fourth-order valence-electron chi connectivity index (χ4n) is 2.56. The van der Waals surface area contributed by atoms with Crippen LogP contribution in [0, 0.1) is 11.3 Å². The van der Waals surface area contributed by atoms with Gasteiger partial charge in [0.2, 0.25) is 0 Å². The quantitative estimate of drug-likeness (QED) is 0.249. The first-order valence-electron chi connectivity index (χ1n) is 8.81. The Labute approximate surface area is 163 Å². The number of nitrogens with one attached hydrogen (secondary N) is 3. The Kier molecular flexibility index (Phi) is 8.11. The van der Waals surface area contributed by atoms with E-state index in [9.17, 15) is 9.59 Å². The lowest BCUT2D eigenvalue weighted by atomic mass is 10.0. The molecule has 0 aliphatic carbocycles. The van der Waals surface area contributed by atoms with Crippen LogP contribution in [0.2, 0.25) is 0 Å². The van der Waals surface area contributed by atoms with Crippen LogP contribution in [0.4, 0.5) is 0 Å². The SMILES string of the molecule is N#CCCNCc1ccc(-c2ccc(C(=O)N[C@@H](CN)C(=O)NO)cc2)cc1. The highest BCUT2D eigenvalue weighted by Crippen LogP contribution is 2.20. The van der Waals surface area contributed by atoms with Crippen molar-refractivity contribution >= 4 is 11.8 Å². The number of carbonyl (C=O) groups is 2. The standard InChI is InChI=1S/C20H23N5O3/c21-10-1-11-23-13-14-2-4-15(5-3-14)16-6-8-17(9-7-16)19(26)24-18(12-22)20(27)25-28/h2-9,18,23,28H,1,11-13,22H2,(H,24,26)(H,25,27)/t18-/m0/s1. The van der Waals surface area contributed by atoms with E-state index in [1.54, 1.807) is 12.1 Å². The molecule has 146 valence electrons. The van der Waals surface area contributed by atoms with Crippen molar-refractivity contribution in [2.75, 3.05) is 13.1 Å². The zero-order chi connectivity index (χ0) is 20.4. The van der Waals surface area contributed by atoms with Gasteiger partial charge in [0, 0.05) is 31.6 Å². The molecule has 0 unspecified atom stereocenters. The number of carbonyl (C=O) groups excluding carboxylic acids is 2. The molecular formula is C20H23N5O3. The normalized spacial score (nSPS) is 11.3. The van der Waals surface area contributed by atoms with Gasteiger partial charge in [-0.15, -0.1) is 0 Å². The Morgan fingerprint density at radius 1 is 1.07 bits per heavy atom. The third-order valence-electron chi connectivity index (χ3n) is 4.14. The summed E-state index contributed by atoms with van der Waals surface area (Å²) in [7, 11) is 0. The Hall–Kier alpha value is -3.25. The largest absolute Gasteiger partial charge is 0.339 e. The molecule has 0 aromatic heterocycles. The molecular weight excluding hydrogens is 358 g/mol. The van der Waals surface area contributed by atoms with Crippen LogP contribution in [0.5, 0.6) is 0 Å². The van der Waals surface area contributed by atoms with E-state index in [2.05, 4.69) is 16.7 Å². The third kappa shape index (κ3) is 5.89. The molecule has 2 amide bonds. The molecule has 6 N–H and O–H groups in total. The molecule has 0 fully saturated rings. The molecule has 0 radical (unpaired) electrons. The summed E-state index contributed by atoms with van der Waals surface area (Å²) in [5.74, 6) is -1.22. The molecule has 0 bridgehead atoms. The minimum absolute atomic E-state index is 0.131. The summed E-state index contributed by atoms with van der Waals surface area (Å²) in [5, 5.41) is 22.8. The molecule has 1 atom stereocenters. The van der Waals surface area contributed by atoms with Crippen LogP contribution in [0.1, 0.15) is 22.3 Å². The number of hydrogen-bond acceptors (Lipinski definition) is 6. The number of hydrogen-bond donors (Lipinski definition) is 5. The van der Waals surface area contributed by atoms with Crippen LogP contribution >= 0.6 is 0 Å². The first-order chi connectivity index (χ1) is 13.6. The summed E-state index contributed by atoms with van der Waals surface area (Å²) in [4.78, 5) is 23.6. The summed E-state index contributed by atoms with van der Waals surface area (Å²) < 4.78 is 0. The van der Waals surface area contributed by atoms with Gasteiger partial charge in [-0.3, -0.25) is 14.8 Å². The van der Waals surface area contributed by atoms with E-state index in [-0.39, 0.29) is 6.54 Å². The molecule has 0 saturated carbocycles. The fraction of sp³-hybridized carbons (Fsp3) is 0.250. The third-order valence-corrected chi connectivity index (χ3v) is 4.14. The first kappa shape index (κ1) is 21.1. The zero-order valence-electron chi connectivity index (χ0n) is 15.3. The van der Waals surface area contributed by atoms with Gasteiger partial charge < -0.3 is 16.4 Å². The summed E-state index contributed by atoms with van der Waals surface area (Å²) >= 11 is 0. The van der Waals surface area contributed by atoms with E-state index in [1.165, 1.54) is 5.48 Å². The number of amides is 2. The van der Waals surface area contributed by atoms with Crippen molar-refractivity contribution in [1.82, 2.24) is 16.1 Å². The molecule has 2 aromatic rings. The smallest absolute Gasteiger partial charge is 0.267 e. The van der Waals surface area contributed by atoms with Crippen molar-refractivity contribution in [2.24, 2.45) is 5.73 Å². The Morgan fingerprint density at radius 2 is 1.68 bits per heavy atom. The van der Waals surface area contributed by atoms with Gasteiger partial charge in [0.1, 0.15) is 6.04 Å². The summed E-state index contributed by atoms with van der Waals surface area (Å²) in [5.41, 5.74) is 10.4. The predicted molar refractivity (Wildman–Crippen MR) is 104 cm³/mol. The number of hydroxylamine groups is 1. The summed E-state index contributed by atoms with van der Waals surface area (Å²) in [6, 6.07) is 16.0. The van der Waals surface area contributed by atoms with Crippen LogP contribution in [-0.4, -0.2) is 36.2 Å². The highest BCUT2D eigenvalue weighted by Gasteiger charge is 2.19. The van der Waals surface area contributed by atoms with Gasteiger partial charge in [0.25, 0.3) is 11.8 Å². The lowest BCUT2D eigenvalue weighted by Crippen LogP contribution is -2.50. The Bertz CT molecular complexity index is 828. The number of nitrogens with two attached hydrogens (primary N) is 1. The second-order valence-electron chi connectivity index (χ2n) is 6.10. The van der Waals surface area contributed by atoms with E-state index in [0.29, 0.717) is 25.1 Å². The van der Waals surface area contributed by atoms with Crippen LogP contribution in [0.3, 0.4) is 0 Å². The van der Waals surface area contributed by atoms with E-state index in [4.69, 9.17) is 16.2 Å². The molecule has 0 heterocycles. The maximum absolute atomic E-state index is 12.2. The van der Waals surface area contributed by atoms with Crippen LogP contribution in [-0.2, 0) is 11.3 Å². The van der Waals surface area contributed by atoms with Crippen molar-refractivity contribution in [1.29, 1.82) is 5.26 Å². The van der Waals surface area contributed by atoms with Gasteiger partial charge in [-0.1, -0.05) is 36.4 Å². The maximum atomic E-state index is 12.2. The molecule has 0 aliphatic heterocycles. The molecule has 0 spiro atoms. The van der Waals surface area contributed by atoms with Gasteiger partial charge in [0.05, 0.1) is 6.07 Å². The molecule has 8 heteroatoms. The molecule has 0 aliphatic rings. The Balaban J connectivity index is 1.99. The summed E-state index contributed by atoms with van der Waals surface area (Å²) in [6.07, 6.45) is 0.481. The topological polar surface area (TPSA) is 140 Å². The van der Waals surface area contributed by atoms with Gasteiger partial charge in [0.15, 0.2) is 0 Å². The average molecular weight is 381 g/mol. The summed E-state index contributed by atoms with van der Waals surface area (Å²) in [6.45, 7) is 1.23. The van der Waals surface area contributed by atoms with E-state index in [0.717, 1.165) is 16.7 Å². The van der Waals surface area contributed by atoms with Crippen molar-refractivity contribution < 1.29 is 14.8 Å². The minimum Gasteiger partial charge on any atom is -0.339 e. The van der Waals surface area contributed by atoms with Crippen LogP contribution < -0.4 is 21.8 Å². The fourth-order valence-corrected chi connectivity index (χ4v) is 2.56. The number of nitrogens with zero attached hydrogens (tertiary/aromatic N) is 1. The molecule has 2 rings (SSSR count).